The first-order valence-electron chi connectivity index (χ1n) is 9.57. The predicted molar refractivity (Wildman–Crippen MR) is 115 cm³/mol. The van der Waals surface area contributed by atoms with Gasteiger partial charge in [-0.15, -0.1) is 0 Å². The van der Waals surface area contributed by atoms with Crippen LogP contribution in [-0.2, 0) is 0 Å². The van der Waals surface area contributed by atoms with Crippen molar-refractivity contribution in [2.24, 2.45) is 5.92 Å². The Morgan fingerprint density at radius 2 is 1.62 bits per heavy atom. The molecule has 1 aliphatic rings. The van der Waals surface area contributed by atoms with Crippen LogP contribution in [0.3, 0.4) is 0 Å². The Kier molecular flexibility index (Phi) is 7.14. The summed E-state index contributed by atoms with van der Waals surface area (Å²) in [4.78, 5) is 26.9. The third-order valence-electron chi connectivity index (χ3n) is 5.19. The Bertz CT molecular complexity index is 862. The van der Waals surface area contributed by atoms with Crippen molar-refractivity contribution in [2.45, 2.75) is 12.8 Å². The van der Waals surface area contributed by atoms with Gasteiger partial charge in [0.2, 0.25) is 0 Å². The fourth-order valence-electron chi connectivity index (χ4n) is 3.43. The average Bonchev–Trinajstić information content (AvgIpc) is 2.77. The van der Waals surface area contributed by atoms with Gasteiger partial charge < -0.3 is 19.7 Å². The molecule has 1 saturated heterocycles. The Balaban J connectivity index is 1.49. The lowest BCUT2D eigenvalue weighted by Crippen LogP contribution is -2.41. The first-order chi connectivity index (χ1) is 14.0. The van der Waals surface area contributed by atoms with Crippen LogP contribution in [0.15, 0.2) is 46.9 Å². The molecule has 2 amide bonds. The minimum absolute atomic E-state index is 0.0605. The first-order valence-corrected chi connectivity index (χ1v) is 10.4. The predicted octanol–water partition coefficient (Wildman–Crippen LogP) is 3.75. The zero-order chi connectivity index (χ0) is 20.8. The van der Waals surface area contributed by atoms with E-state index in [1.807, 2.05) is 29.2 Å². The Labute approximate surface area is 179 Å². The Hall–Kier alpha value is -2.54. The number of nitrogens with zero attached hydrogens (tertiary/aromatic N) is 1. The number of ether oxygens (including phenoxy) is 2. The van der Waals surface area contributed by atoms with Crippen LogP contribution in [0.2, 0.25) is 0 Å². The van der Waals surface area contributed by atoms with Gasteiger partial charge >= 0.3 is 0 Å². The fourth-order valence-corrected chi connectivity index (χ4v) is 3.70. The highest BCUT2D eigenvalue weighted by molar-refractivity contribution is 9.10. The fraction of sp³-hybridized carbons (Fsp3) is 0.364. The molecule has 0 atom stereocenters. The molecule has 6 nitrogen and oxygen atoms in total. The molecule has 0 aromatic heterocycles. The van der Waals surface area contributed by atoms with E-state index in [1.165, 1.54) is 0 Å². The summed E-state index contributed by atoms with van der Waals surface area (Å²) in [5.74, 6) is 1.39. The zero-order valence-corrected chi connectivity index (χ0v) is 18.2. The summed E-state index contributed by atoms with van der Waals surface area (Å²) in [5.41, 5.74) is 1.24. The number of halogens is 1. The van der Waals surface area contributed by atoms with Gasteiger partial charge in [0.15, 0.2) is 11.5 Å². The number of carbonyl (C=O) groups excluding carboxylic acids is 2. The standard InChI is InChI=1S/C22H25BrN2O4/c1-28-19-8-5-17(13-20(19)29-2)21(26)24-14-15-9-11-25(12-10-15)22(27)16-3-6-18(23)7-4-16/h3-8,13,15H,9-12,14H2,1-2H3,(H,24,26). The van der Waals surface area contributed by atoms with Gasteiger partial charge in [0, 0.05) is 35.2 Å². The van der Waals surface area contributed by atoms with Crippen molar-refractivity contribution >= 4 is 27.7 Å². The summed E-state index contributed by atoms with van der Waals surface area (Å²) >= 11 is 3.39. The van der Waals surface area contributed by atoms with Crippen molar-refractivity contribution in [2.75, 3.05) is 33.9 Å². The van der Waals surface area contributed by atoms with Crippen LogP contribution in [0, 0.1) is 5.92 Å². The number of methoxy groups -OCH3 is 2. The van der Waals surface area contributed by atoms with Crippen molar-refractivity contribution in [3.05, 3.63) is 58.1 Å². The molecule has 0 aliphatic carbocycles. The molecule has 0 unspecified atom stereocenters. The smallest absolute Gasteiger partial charge is 0.253 e. The second-order valence-corrected chi connectivity index (χ2v) is 7.94. The third-order valence-corrected chi connectivity index (χ3v) is 5.72. The number of nitrogens with one attached hydrogen (secondary N) is 1. The largest absolute Gasteiger partial charge is 0.493 e. The molecule has 1 fully saturated rings. The number of rotatable bonds is 6. The maximum Gasteiger partial charge on any atom is 0.253 e. The van der Waals surface area contributed by atoms with Gasteiger partial charge in [0.25, 0.3) is 11.8 Å². The molecule has 0 radical (unpaired) electrons. The second-order valence-electron chi connectivity index (χ2n) is 7.02. The van der Waals surface area contributed by atoms with Crippen LogP contribution >= 0.6 is 15.9 Å². The molecule has 0 saturated carbocycles. The molecular weight excluding hydrogens is 436 g/mol. The lowest BCUT2D eigenvalue weighted by atomic mass is 9.96. The van der Waals surface area contributed by atoms with Crippen molar-refractivity contribution in [3.8, 4) is 11.5 Å². The van der Waals surface area contributed by atoms with Crippen LogP contribution in [0.1, 0.15) is 33.6 Å². The molecule has 2 aromatic rings. The van der Waals surface area contributed by atoms with Gasteiger partial charge in [-0.1, -0.05) is 15.9 Å². The molecule has 3 rings (SSSR count). The maximum atomic E-state index is 12.6. The SMILES string of the molecule is COc1ccc(C(=O)NCC2CCN(C(=O)c3ccc(Br)cc3)CC2)cc1OC. The highest BCUT2D eigenvalue weighted by atomic mass is 79.9. The maximum absolute atomic E-state index is 12.6. The van der Waals surface area contributed by atoms with Crippen LogP contribution in [0.25, 0.3) is 0 Å². The molecular formula is C22H25BrN2O4. The molecule has 1 aliphatic heterocycles. The third kappa shape index (κ3) is 5.29. The Morgan fingerprint density at radius 3 is 2.24 bits per heavy atom. The topological polar surface area (TPSA) is 67.9 Å². The molecule has 7 heteroatoms. The molecule has 1 N–H and O–H groups in total. The molecule has 0 spiro atoms. The highest BCUT2D eigenvalue weighted by Gasteiger charge is 2.24. The van der Waals surface area contributed by atoms with Gasteiger partial charge in [0.1, 0.15) is 0 Å². The van der Waals surface area contributed by atoms with E-state index in [2.05, 4.69) is 21.2 Å². The van der Waals surface area contributed by atoms with E-state index < -0.39 is 0 Å². The van der Waals surface area contributed by atoms with Gasteiger partial charge in [-0.3, -0.25) is 9.59 Å². The first kappa shape index (κ1) is 21.2. The van der Waals surface area contributed by atoms with Crippen LogP contribution in [0.5, 0.6) is 11.5 Å². The van der Waals surface area contributed by atoms with E-state index in [9.17, 15) is 9.59 Å². The summed E-state index contributed by atoms with van der Waals surface area (Å²) in [7, 11) is 3.11. The Morgan fingerprint density at radius 1 is 1.00 bits per heavy atom. The lowest BCUT2D eigenvalue weighted by molar-refractivity contribution is 0.0684. The van der Waals surface area contributed by atoms with Crippen molar-refractivity contribution in [3.63, 3.8) is 0 Å². The second kappa shape index (κ2) is 9.78. The number of benzene rings is 2. The summed E-state index contributed by atoms with van der Waals surface area (Å²) in [6, 6.07) is 12.5. The molecule has 1 heterocycles. The number of hydrogen-bond donors (Lipinski definition) is 1. The number of piperidine rings is 1. The van der Waals surface area contributed by atoms with Gasteiger partial charge in [-0.25, -0.2) is 0 Å². The van der Waals surface area contributed by atoms with Gasteiger partial charge in [0.05, 0.1) is 14.2 Å². The van der Waals surface area contributed by atoms with E-state index in [4.69, 9.17) is 9.47 Å². The van der Waals surface area contributed by atoms with E-state index in [0.29, 0.717) is 48.2 Å². The molecule has 0 bridgehead atoms. The van der Waals surface area contributed by atoms with Crippen LogP contribution in [0.4, 0.5) is 0 Å². The van der Waals surface area contributed by atoms with Crippen molar-refractivity contribution in [1.29, 1.82) is 0 Å². The summed E-state index contributed by atoms with van der Waals surface area (Å²) in [6.45, 7) is 1.99. The number of hydrogen-bond acceptors (Lipinski definition) is 4. The van der Waals surface area contributed by atoms with Crippen molar-refractivity contribution in [1.82, 2.24) is 10.2 Å². The lowest BCUT2D eigenvalue weighted by Gasteiger charge is -2.32. The number of likely N-dealkylation sites (tertiary alicyclic amines) is 1. The van der Waals surface area contributed by atoms with Crippen LogP contribution < -0.4 is 14.8 Å². The van der Waals surface area contributed by atoms with Crippen molar-refractivity contribution < 1.29 is 19.1 Å². The summed E-state index contributed by atoms with van der Waals surface area (Å²) < 4.78 is 11.4. The quantitative estimate of drug-likeness (QED) is 0.712. The van der Waals surface area contributed by atoms with Crippen LogP contribution in [-0.4, -0.2) is 50.6 Å². The van der Waals surface area contributed by atoms with E-state index >= 15 is 0 Å². The van der Waals surface area contributed by atoms with Gasteiger partial charge in [-0.05, 0) is 61.2 Å². The summed E-state index contributed by atoms with van der Waals surface area (Å²) in [5, 5.41) is 3.00. The zero-order valence-electron chi connectivity index (χ0n) is 16.6. The van der Waals surface area contributed by atoms with E-state index in [1.54, 1.807) is 32.4 Å². The van der Waals surface area contributed by atoms with Gasteiger partial charge in [-0.2, -0.15) is 0 Å². The highest BCUT2D eigenvalue weighted by Crippen LogP contribution is 2.27. The minimum Gasteiger partial charge on any atom is -0.493 e. The van der Waals surface area contributed by atoms with E-state index in [-0.39, 0.29) is 11.8 Å². The monoisotopic (exact) mass is 460 g/mol. The van der Waals surface area contributed by atoms with E-state index in [0.717, 1.165) is 17.3 Å². The number of carbonyl (C=O) groups is 2. The summed E-state index contributed by atoms with van der Waals surface area (Å²) in [6.07, 6.45) is 1.74. The molecule has 154 valence electrons. The molecule has 29 heavy (non-hydrogen) atoms. The minimum atomic E-state index is -0.140. The normalized spacial score (nSPS) is 14.4. The molecule has 2 aromatic carbocycles. The average molecular weight is 461 g/mol. The number of amides is 2.